The van der Waals surface area contributed by atoms with Crippen molar-refractivity contribution in [2.45, 2.75) is 19.9 Å². The number of ether oxygens (including phenoxy) is 3. The number of aromatic nitrogens is 1. The maximum Gasteiger partial charge on any atom is 0.413 e. The third-order valence-electron chi connectivity index (χ3n) is 4.94. The number of anilines is 1. The van der Waals surface area contributed by atoms with E-state index in [2.05, 4.69) is 21.3 Å². The molecule has 1 aromatic heterocycles. The van der Waals surface area contributed by atoms with E-state index in [4.69, 9.17) is 14.2 Å². The first-order chi connectivity index (χ1) is 14.6. The van der Waals surface area contributed by atoms with Crippen LogP contribution in [0.2, 0.25) is 0 Å². The van der Waals surface area contributed by atoms with Crippen molar-refractivity contribution in [3.63, 3.8) is 0 Å². The number of hydrogen-bond acceptors (Lipinski definition) is 8. The van der Waals surface area contributed by atoms with Crippen molar-refractivity contribution in [3.05, 3.63) is 34.8 Å². The molecule has 2 aliphatic rings. The minimum atomic E-state index is -0.539. The van der Waals surface area contributed by atoms with Crippen LogP contribution in [-0.4, -0.2) is 66.4 Å². The van der Waals surface area contributed by atoms with Gasteiger partial charge in [-0.2, -0.15) is 0 Å². The fourth-order valence-corrected chi connectivity index (χ4v) is 4.12. The van der Waals surface area contributed by atoms with E-state index in [-0.39, 0.29) is 19.1 Å². The first-order valence-corrected chi connectivity index (χ1v) is 10.8. The van der Waals surface area contributed by atoms with E-state index in [1.807, 2.05) is 17.0 Å². The van der Waals surface area contributed by atoms with E-state index in [9.17, 15) is 9.59 Å². The summed E-state index contributed by atoms with van der Waals surface area (Å²) in [5, 5.41) is 4.78. The molecule has 3 heterocycles. The summed E-state index contributed by atoms with van der Waals surface area (Å²) in [6.07, 6.45) is -0.313. The van der Waals surface area contributed by atoms with Crippen LogP contribution in [0.15, 0.2) is 23.6 Å². The molecule has 1 fully saturated rings. The van der Waals surface area contributed by atoms with Crippen LogP contribution in [0.3, 0.4) is 0 Å². The molecule has 2 aliphatic heterocycles. The van der Waals surface area contributed by atoms with Crippen molar-refractivity contribution in [1.82, 2.24) is 14.8 Å². The lowest BCUT2D eigenvalue weighted by Gasteiger charge is -2.34. The molecule has 1 aromatic carbocycles. The van der Waals surface area contributed by atoms with Gasteiger partial charge in [-0.05, 0) is 24.6 Å². The van der Waals surface area contributed by atoms with E-state index in [1.165, 1.54) is 16.9 Å². The standard InChI is InChI=1S/C20H24N4O5S/c1-2-27-20(26)22-19-21-15(12-30-19)10-18(25)24-7-5-23(6-8-24)11-14-3-4-16-17(9-14)29-13-28-16/h3-4,9,12H,2,5-8,10-11,13H2,1H3,(H,21,22,26). The van der Waals surface area contributed by atoms with Crippen LogP contribution >= 0.6 is 11.3 Å². The third-order valence-corrected chi connectivity index (χ3v) is 5.74. The van der Waals surface area contributed by atoms with Crippen LogP contribution in [0.5, 0.6) is 11.5 Å². The molecule has 2 aromatic rings. The maximum absolute atomic E-state index is 12.6. The number of piperazine rings is 1. The Hall–Kier alpha value is -2.85. The zero-order valence-electron chi connectivity index (χ0n) is 16.8. The first kappa shape index (κ1) is 20.4. The van der Waals surface area contributed by atoms with Crippen molar-refractivity contribution in [2.24, 2.45) is 0 Å². The van der Waals surface area contributed by atoms with Crippen LogP contribution in [0.4, 0.5) is 9.93 Å². The largest absolute Gasteiger partial charge is 0.454 e. The number of hydrogen-bond donors (Lipinski definition) is 1. The fourth-order valence-electron chi connectivity index (χ4n) is 3.42. The number of nitrogens with zero attached hydrogens (tertiary/aromatic N) is 3. The molecule has 0 saturated carbocycles. The van der Waals surface area contributed by atoms with Crippen LogP contribution in [-0.2, 0) is 22.5 Å². The third kappa shape index (κ3) is 5.00. The van der Waals surface area contributed by atoms with Gasteiger partial charge in [-0.25, -0.2) is 9.78 Å². The van der Waals surface area contributed by atoms with Crippen LogP contribution in [0, 0.1) is 0 Å². The van der Waals surface area contributed by atoms with Crippen molar-refractivity contribution in [1.29, 1.82) is 0 Å². The van der Waals surface area contributed by atoms with Gasteiger partial charge in [0.1, 0.15) is 0 Å². The average molecular weight is 433 g/mol. The second-order valence-corrected chi connectivity index (χ2v) is 7.87. The van der Waals surface area contributed by atoms with E-state index >= 15 is 0 Å². The summed E-state index contributed by atoms with van der Waals surface area (Å²) in [7, 11) is 0. The zero-order chi connectivity index (χ0) is 20.9. The predicted molar refractivity (Wildman–Crippen MR) is 111 cm³/mol. The Labute approximate surface area is 178 Å². The summed E-state index contributed by atoms with van der Waals surface area (Å²) in [5.74, 6) is 1.63. The monoisotopic (exact) mass is 432 g/mol. The number of rotatable bonds is 6. The van der Waals surface area contributed by atoms with Crippen molar-refractivity contribution >= 4 is 28.5 Å². The number of amides is 2. The van der Waals surface area contributed by atoms with Gasteiger partial charge < -0.3 is 19.1 Å². The highest BCUT2D eigenvalue weighted by Crippen LogP contribution is 2.32. The zero-order valence-corrected chi connectivity index (χ0v) is 17.6. The minimum Gasteiger partial charge on any atom is -0.454 e. The summed E-state index contributed by atoms with van der Waals surface area (Å²) in [4.78, 5) is 32.6. The smallest absolute Gasteiger partial charge is 0.413 e. The molecule has 30 heavy (non-hydrogen) atoms. The highest BCUT2D eigenvalue weighted by atomic mass is 32.1. The lowest BCUT2D eigenvalue weighted by Crippen LogP contribution is -2.48. The summed E-state index contributed by atoms with van der Waals surface area (Å²) in [5.41, 5.74) is 1.82. The normalized spacial score (nSPS) is 15.8. The number of benzene rings is 1. The highest BCUT2D eigenvalue weighted by Gasteiger charge is 2.23. The maximum atomic E-state index is 12.6. The van der Waals surface area contributed by atoms with Crippen LogP contribution in [0.1, 0.15) is 18.2 Å². The van der Waals surface area contributed by atoms with Gasteiger partial charge in [0.25, 0.3) is 0 Å². The lowest BCUT2D eigenvalue weighted by atomic mass is 10.1. The number of carbonyl (C=O) groups excluding carboxylic acids is 2. The molecule has 10 heteroatoms. The van der Waals surface area contributed by atoms with E-state index in [0.29, 0.717) is 30.5 Å². The molecule has 0 atom stereocenters. The number of fused-ring (bicyclic) bond motifs is 1. The van der Waals surface area contributed by atoms with E-state index in [1.54, 1.807) is 12.3 Å². The number of thiazole rings is 1. The fraction of sp³-hybridized carbons (Fsp3) is 0.450. The van der Waals surface area contributed by atoms with Gasteiger partial charge in [0.15, 0.2) is 16.6 Å². The molecule has 0 aliphatic carbocycles. The van der Waals surface area contributed by atoms with Gasteiger partial charge in [-0.1, -0.05) is 6.07 Å². The summed E-state index contributed by atoms with van der Waals surface area (Å²) in [6, 6.07) is 6.01. The van der Waals surface area contributed by atoms with E-state index < -0.39 is 6.09 Å². The number of carbonyl (C=O) groups is 2. The molecule has 0 bridgehead atoms. The molecule has 4 rings (SSSR count). The minimum absolute atomic E-state index is 0.0470. The molecule has 9 nitrogen and oxygen atoms in total. The molecule has 1 N–H and O–H groups in total. The quantitative estimate of drug-likeness (QED) is 0.749. The van der Waals surface area contributed by atoms with Gasteiger partial charge in [0.2, 0.25) is 12.7 Å². The molecule has 160 valence electrons. The Morgan fingerprint density at radius 1 is 1.20 bits per heavy atom. The first-order valence-electron chi connectivity index (χ1n) is 9.87. The lowest BCUT2D eigenvalue weighted by molar-refractivity contribution is -0.132. The average Bonchev–Trinajstić information content (AvgIpc) is 3.37. The van der Waals surface area contributed by atoms with Crippen LogP contribution < -0.4 is 14.8 Å². The van der Waals surface area contributed by atoms with Crippen molar-refractivity contribution in [3.8, 4) is 11.5 Å². The molecule has 0 unspecified atom stereocenters. The topological polar surface area (TPSA) is 93.2 Å². The van der Waals surface area contributed by atoms with Gasteiger partial charge in [0, 0.05) is 38.1 Å². The molecule has 2 amide bonds. The van der Waals surface area contributed by atoms with Gasteiger partial charge >= 0.3 is 6.09 Å². The number of nitrogens with one attached hydrogen (secondary N) is 1. The molecule has 0 spiro atoms. The summed E-state index contributed by atoms with van der Waals surface area (Å²) < 4.78 is 15.6. The van der Waals surface area contributed by atoms with Crippen molar-refractivity contribution < 1.29 is 23.8 Å². The van der Waals surface area contributed by atoms with Gasteiger partial charge in [-0.15, -0.1) is 11.3 Å². The Bertz CT molecular complexity index is 910. The van der Waals surface area contributed by atoms with E-state index in [0.717, 1.165) is 31.1 Å². The second kappa shape index (κ2) is 9.31. The van der Waals surface area contributed by atoms with Gasteiger partial charge in [0.05, 0.1) is 18.7 Å². The highest BCUT2D eigenvalue weighted by molar-refractivity contribution is 7.13. The molecular formula is C20H24N4O5S. The Morgan fingerprint density at radius 2 is 2.00 bits per heavy atom. The van der Waals surface area contributed by atoms with Crippen LogP contribution in [0.25, 0.3) is 0 Å². The second-order valence-electron chi connectivity index (χ2n) is 7.01. The Kier molecular flexibility index (Phi) is 6.34. The predicted octanol–water partition coefficient (Wildman–Crippen LogP) is 2.33. The molecular weight excluding hydrogens is 408 g/mol. The summed E-state index contributed by atoms with van der Waals surface area (Å²) in [6.45, 7) is 6.11. The summed E-state index contributed by atoms with van der Waals surface area (Å²) >= 11 is 1.28. The van der Waals surface area contributed by atoms with Gasteiger partial charge in [-0.3, -0.25) is 15.0 Å². The van der Waals surface area contributed by atoms with Crippen molar-refractivity contribution in [2.75, 3.05) is 44.9 Å². The Balaban J connectivity index is 1.23. The SMILES string of the molecule is CCOC(=O)Nc1nc(CC(=O)N2CCN(Cc3ccc4c(c3)OCO4)CC2)cs1. The molecule has 1 saturated heterocycles. The Morgan fingerprint density at radius 3 is 2.80 bits per heavy atom. The molecule has 0 radical (unpaired) electrons.